The number of aliphatic carboxylic acids is 1. The first-order valence-corrected chi connectivity index (χ1v) is 7.15. The van der Waals surface area contributed by atoms with Crippen LogP contribution in [0.1, 0.15) is 39.7 Å². The molecule has 2 atom stereocenters. The van der Waals surface area contributed by atoms with Crippen LogP contribution in [-0.2, 0) is 11.3 Å². The van der Waals surface area contributed by atoms with Crippen LogP contribution in [0.2, 0.25) is 0 Å². The molecule has 112 valence electrons. The van der Waals surface area contributed by atoms with Gasteiger partial charge in [0.2, 0.25) is 0 Å². The quantitative estimate of drug-likeness (QED) is 0.768. The van der Waals surface area contributed by atoms with Gasteiger partial charge < -0.3 is 15.2 Å². The lowest BCUT2D eigenvalue weighted by atomic mass is 9.99. The summed E-state index contributed by atoms with van der Waals surface area (Å²) in [5.41, 5.74) is 1.03. The summed E-state index contributed by atoms with van der Waals surface area (Å²) in [6.45, 7) is 8.43. The Hall–Kier alpha value is -1.55. The Kier molecular flexibility index (Phi) is 6.52. The zero-order chi connectivity index (χ0) is 15.1. The van der Waals surface area contributed by atoms with Gasteiger partial charge in [0.05, 0.1) is 6.10 Å². The number of carboxylic acids is 1. The molecular formula is C16H25NO3. The van der Waals surface area contributed by atoms with E-state index in [0.717, 1.165) is 17.7 Å². The van der Waals surface area contributed by atoms with E-state index in [0.29, 0.717) is 6.54 Å². The molecule has 0 heterocycles. The molecule has 0 amide bonds. The maximum atomic E-state index is 11.2. The predicted octanol–water partition coefficient (Wildman–Crippen LogP) is 3.06. The third kappa shape index (κ3) is 5.21. The van der Waals surface area contributed by atoms with Crippen LogP contribution in [0.15, 0.2) is 24.3 Å². The van der Waals surface area contributed by atoms with Gasteiger partial charge in [0.1, 0.15) is 11.8 Å². The lowest BCUT2D eigenvalue weighted by Crippen LogP contribution is -2.41. The van der Waals surface area contributed by atoms with E-state index in [4.69, 9.17) is 4.74 Å². The summed E-state index contributed by atoms with van der Waals surface area (Å²) in [5.74, 6) is 0.117. The number of rotatable bonds is 8. The van der Waals surface area contributed by atoms with E-state index in [2.05, 4.69) is 5.32 Å². The molecule has 0 aliphatic heterocycles. The minimum atomic E-state index is -0.797. The van der Waals surface area contributed by atoms with Crippen molar-refractivity contribution in [1.82, 2.24) is 5.32 Å². The second-order valence-electron chi connectivity index (χ2n) is 5.40. The topological polar surface area (TPSA) is 58.6 Å². The third-order valence-electron chi connectivity index (χ3n) is 3.28. The van der Waals surface area contributed by atoms with Crippen molar-refractivity contribution in [2.45, 2.75) is 52.8 Å². The van der Waals surface area contributed by atoms with Crippen LogP contribution >= 0.6 is 0 Å². The average Bonchev–Trinajstić information content (AvgIpc) is 2.37. The Morgan fingerprint density at radius 1 is 1.35 bits per heavy atom. The van der Waals surface area contributed by atoms with E-state index < -0.39 is 12.0 Å². The summed E-state index contributed by atoms with van der Waals surface area (Å²) in [5, 5.41) is 12.4. The van der Waals surface area contributed by atoms with Crippen molar-refractivity contribution < 1.29 is 14.6 Å². The van der Waals surface area contributed by atoms with Gasteiger partial charge in [-0.05, 0) is 37.5 Å². The number of carboxylic acid groups (broad SMARTS) is 1. The molecule has 0 saturated heterocycles. The number of ether oxygens (including phenoxy) is 1. The smallest absolute Gasteiger partial charge is 0.320 e. The Bertz CT molecular complexity index is 431. The number of hydrogen-bond acceptors (Lipinski definition) is 3. The van der Waals surface area contributed by atoms with E-state index in [1.807, 2.05) is 52.0 Å². The molecule has 0 aromatic heterocycles. The molecule has 0 unspecified atom stereocenters. The average molecular weight is 279 g/mol. The lowest BCUT2D eigenvalue weighted by Gasteiger charge is -2.20. The highest BCUT2D eigenvalue weighted by atomic mass is 16.5. The number of benzene rings is 1. The first kappa shape index (κ1) is 16.5. The van der Waals surface area contributed by atoms with Crippen molar-refractivity contribution in [1.29, 1.82) is 0 Å². The maximum Gasteiger partial charge on any atom is 0.320 e. The first-order chi connectivity index (χ1) is 9.43. The van der Waals surface area contributed by atoms with Crippen molar-refractivity contribution in [3.05, 3.63) is 29.8 Å². The Labute approximate surface area is 121 Å². The SMILES string of the molecule is CC[C@H](C)[C@H](NCc1cccc(OC(C)C)c1)C(=O)O. The third-order valence-corrected chi connectivity index (χ3v) is 3.28. The van der Waals surface area contributed by atoms with Gasteiger partial charge in [-0.3, -0.25) is 4.79 Å². The summed E-state index contributed by atoms with van der Waals surface area (Å²) >= 11 is 0. The molecule has 0 bridgehead atoms. The van der Waals surface area contributed by atoms with Crippen LogP contribution in [0.25, 0.3) is 0 Å². The number of carbonyl (C=O) groups is 1. The van der Waals surface area contributed by atoms with Crippen molar-refractivity contribution >= 4 is 5.97 Å². The number of nitrogens with one attached hydrogen (secondary N) is 1. The summed E-state index contributed by atoms with van der Waals surface area (Å²) in [4.78, 5) is 11.2. The Morgan fingerprint density at radius 2 is 2.05 bits per heavy atom. The van der Waals surface area contributed by atoms with Crippen molar-refractivity contribution in [2.24, 2.45) is 5.92 Å². The predicted molar refractivity (Wildman–Crippen MR) is 79.9 cm³/mol. The summed E-state index contributed by atoms with van der Waals surface area (Å²) in [6.07, 6.45) is 0.964. The van der Waals surface area contributed by atoms with Gasteiger partial charge in [-0.2, -0.15) is 0 Å². The van der Waals surface area contributed by atoms with Crippen LogP contribution in [0.5, 0.6) is 5.75 Å². The molecule has 0 aliphatic carbocycles. The molecule has 1 aromatic carbocycles. The zero-order valence-corrected chi connectivity index (χ0v) is 12.7. The number of hydrogen-bond donors (Lipinski definition) is 2. The molecule has 0 saturated carbocycles. The van der Waals surface area contributed by atoms with Crippen molar-refractivity contribution in [2.75, 3.05) is 0 Å². The zero-order valence-electron chi connectivity index (χ0n) is 12.7. The molecular weight excluding hydrogens is 254 g/mol. The Balaban J connectivity index is 2.66. The van der Waals surface area contributed by atoms with Gasteiger partial charge in [-0.15, -0.1) is 0 Å². The molecule has 1 aromatic rings. The van der Waals surface area contributed by atoms with Gasteiger partial charge in [-0.1, -0.05) is 32.4 Å². The molecule has 0 fully saturated rings. The van der Waals surface area contributed by atoms with E-state index in [1.165, 1.54) is 0 Å². The Morgan fingerprint density at radius 3 is 2.60 bits per heavy atom. The van der Waals surface area contributed by atoms with Gasteiger partial charge in [0, 0.05) is 6.54 Å². The molecule has 4 nitrogen and oxygen atoms in total. The highest BCUT2D eigenvalue weighted by Gasteiger charge is 2.22. The van der Waals surface area contributed by atoms with Crippen LogP contribution in [-0.4, -0.2) is 23.2 Å². The van der Waals surface area contributed by atoms with Crippen LogP contribution < -0.4 is 10.1 Å². The molecule has 0 spiro atoms. The van der Waals surface area contributed by atoms with Crippen molar-refractivity contribution in [3.8, 4) is 5.75 Å². The van der Waals surface area contributed by atoms with E-state index in [1.54, 1.807) is 0 Å². The van der Waals surface area contributed by atoms with Gasteiger partial charge in [-0.25, -0.2) is 0 Å². The van der Waals surface area contributed by atoms with Gasteiger partial charge in [0.15, 0.2) is 0 Å². The van der Waals surface area contributed by atoms with E-state index in [9.17, 15) is 9.90 Å². The molecule has 4 heteroatoms. The van der Waals surface area contributed by atoms with Crippen molar-refractivity contribution in [3.63, 3.8) is 0 Å². The van der Waals surface area contributed by atoms with Crippen LogP contribution in [0, 0.1) is 5.92 Å². The van der Waals surface area contributed by atoms with Gasteiger partial charge in [0.25, 0.3) is 0 Å². The van der Waals surface area contributed by atoms with Gasteiger partial charge >= 0.3 is 5.97 Å². The highest BCUT2D eigenvalue weighted by molar-refractivity contribution is 5.73. The normalized spacial score (nSPS) is 14.1. The van der Waals surface area contributed by atoms with E-state index >= 15 is 0 Å². The fourth-order valence-electron chi connectivity index (χ4n) is 2.00. The van der Waals surface area contributed by atoms with E-state index in [-0.39, 0.29) is 12.0 Å². The second-order valence-corrected chi connectivity index (χ2v) is 5.40. The minimum Gasteiger partial charge on any atom is -0.491 e. The van der Waals surface area contributed by atoms with Crippen LogP contribution in [0.4, 0.5) is 0 Å². The standard InChI is InChI=1S/C16H25NO3/c1-5-12(4)15(16(18)19)17-10-13-7-6-8-14(9-13)20-11(2)3/h6-9,11-12,15,17H,5,10H2,1-4H3,(H,18,19)/t12-,15-/m0/s1. The molecule has 2 N–H and O–H groups in total. The second kappa shape index (κ2) is 7.90. The molecule has 0 radical (unpaired) electrons. The fourth-order valence-corrected chi connectivity index (χ4v) is 2.00. The molecule has 0 aliphatic rings. The summed E-state index contributed by atoms with van der Waals surface area (Å²) in [6, 6.07) is 7.23. The summed E-state index contributed by atoms with van der Waals surface area (Å²) < 4.78 is 5.63. The lowest BCUT2D eigenvalue weighted by molar-refractivity contribution is -0.140. The van der Waals surface area contributed by atoms with Crippen LogP contribution in [0.3, 0.4) is 0 Å². The maximum absolute atomic E-state index is 11.2. The summed E-state index contributed by atoms with van der Waals surface area (Å²) in [7, 11) is 0. The largest absolute Gasteiger partial charge is 0.491 e. The molecule has 20 heavy (non-hydrogen) atoms. The monoisotopic (exact) mass is 279 g/mol. The highest BCUT2D eigenvalue weighted by Crippen LogP contribution is 2.16. The minimum absolute atomic E-state index is 0.0996. The first-order valence-electron chi connectivity index (χ1n) is 7.15. The fraction of sp³-hybridized carbons (Fsp3) is 0.562. The molecule has 1 rings (SSSR count).